The molecule has 0 saturated heterocycles. The van der Waals surface area contributed by atoms with E-state index in [9.17, 15) is 4.39 Å². The fraction of sp³-hybridized carbons (Fsp3) is 0.538. The summed E-state index contributed by atoms with van der Waals surface area (Å²) in [6.45, 7) is 4.28. The first kappa shape index (κ1) is 12.3. The summed E-state index contributed by atoms with van der Waals surface area (Å²) < 4.78 is 13.0. The molecule has 0 aliphatic heterocycles. The molecule has 1 aromatic rings. The summed E-state index contributed by atoms with van der Waals surface area (Å²) in [5, 5.41) is 0. The SMILES string of the molecule is CCCCCCBc1cc(F)ccc1C. The maximum absolute atomic E-state index is 13.0. The van der Waals surface area contributed by atoms with Gasteiger partial charge in [-0.15, -0.1) is 0 Å². The van der Waals surface area contributed by atoms with Crippen LogP contribution in [0.25, 0.3) is 0 Å². The standard InChI is InChI=1S/C13H20BF/c1-3-4-5-6-9-14-13-10-12(15)8-7-11(13)2/h7-8,10,14H,3-6,9H2,1-2H3. The molecule has 1 rings (SSSR count). The van der Waals surface area contributed by atoms with Gasteiger partial charge in [-0.3, -0.25) is 0 Å². The number of hydrogen-bond donors (Lipinski definition) is 0. The van der Waals surface area contributed by atoms with E-state index in [-0.39, 0.29) is 5.82 Å². The van der Waals surface area contributed by atoms with Crippen molar-refractivity contribution >= 4 is 12.7 Å². The Morgan fingerprint density at radius 2 is 2.00 bits per heavy atom. The van der Waals surface area contributed by atoms with Crippen molar-refractivity contribution in [1.29, 1.82) is 0 Å². The van der Waals surface area contributed by atoms with E-state index in [1.807, 2.05) is 6.07 Å². The Labute approximate surface area is 93.1 Å². The Hall–Kier alpha value is -0.785. The molecule has 0 fully saturated rings. The fourth-order valence-corrected chi connectivity index (χ4v) is 1.83. The predicted octanol–water partition coefficient (Wildman–Crippen LogP) is 3.19. The molecule has 0 aliphatic carbocycles. The first-order valence-electron chi connectivity index (χ1n) is 5.99. The number of hydrogen-bond acceptors (Lipinski definition) is 0. The Kier molecular flexibility index (Phi) is 5.45. The second-order valence-electron chi connectivity index (χ2n) is 4.24. The second-order valence-corrected chi connectivity index (χ2v) is 4.24. The Bertz CT molecular complexity index is 297. The summed E-state index contributed by atoms with van der Waals surface area (Å²) in [4.78, 5) is 0. The molecule has 0 bridgehead atoms. The summed E-state index contributed by atoms with van der Waals surface area (Å²) in [7, 11) is 1.02. The molecule has 0 unspecified atom stereocenters. The molecule has 2 heteroatoms. The molecule has 0 saturated carbocycles. The van der Waals surface area contributed by atoms with Crippen LogP contribution < -0.4 is 5.46 Å². The van der Waals surface area contributed by atoms with Crippen LogP contribution in [0, 0.1) is 12.7 Å². The lowest BCUT2D eigenvalue weighted by Crippen LogP contribution is -2.17. The minimum Gasteiger partial charge on any atom is -0.207 e. The fourth-order valence-electron chi connectivity index (χ4n) is 1.83. The summed E-state index contributed by atoms with van der Waals surface area (Å²) in [6.07, 6.45) is 6.36. The van der Waals surface area contributed by atoms with Gasteiger partial charge in [-0.1, -0.05) is 56.0 Å². The van der Waals surface area contributed by atoms with Gasteiger partial charge in [0.25, 0.3) is 0 Å². The highest BCUT2D eigenvalue weighted by atomic mass is 19.1. The van der Waals surface area contributed by atoms with Gasteiger partial charge in [0.1, 0.15) is 5.82 Å². The highest BCUT2D eigenvalue weighted by molar-refractivity contribution is 6.53. The number of aryl methyl sites for hydroxylation is 1. The zero-order valence-corrected chi connectivity index (χ0v) is 9.85. The van der Waals surface area contributed by atoms with Crippen LogP contribution in [-0.2, 0) is 0 Å². The predicted molar refractivity (Wildman–Crippen MR) is 66.9 cm³/mol. The van der Waals surface area contributed by atoms with E-state index in [0.717, 1.165) is 7.28 Å². The van der Waals surface area contributed by atoms with E-state index in [1.165, 1.54) is 49.1 Å². The van der Waals surface area contributed by atoms with Crippen LogP contribution in [0.15, 0.2) is 18.2 Å². The van der Waals surface area contributed by atoms with Crippen molar-refractivity contribution in [2.75, 3.05) is 0 Å². The third kappa shape index (κ3) is 4.50. The highest BCUT2D eigenvalue weighted by Crippen LogP contribution is 2.04. The molecule has 82 valence electrons. The number of unbranched alkanes of at least 4 members (excludes halogenated alkanes) is 3. The van der Waals surface area contributed by atoms with Crippen molar-refractivity contribution in [3.63, 3.8) is 0 Å². The Morgan fingerprint density at radius 3 is 2.73 bits per heavy atom. The van der Waals surface area contributed by atoms with Crippen LogP contribution in [0.2, 0.25) is 6.32 Å². The molecular formula is C13H20BF. The molecule has 0 aliphatic rings. The number of benzene rings is 1. The van der Waals surface area contributed by atoms with Crippen molar-refractivity contribution < 1.29 is 4.39 Å². The zero-order valence-electron chi connectivity index (χ0n) is 9.85. The summed E-state index contributed by atoms with van der Waals surface area (Å²) >= 11 is 0. The average Bonchev–Trinajstić information content (AvgIpc) is 2.23. The van der Waals surface area contributed by atoms with Crippen LogP contribution in [0.3, 0.4) is 0 Å². The second kappa shape index (κ2) is 6.65. The Morgan fingerprint density at radius 1 is 1.20 bits per heavy atom. The molecule has 0 aromatic heterocycles. The van der Waals surface area contributed by atoms with E-state index in [1.54, 1.807) is 6.07 Å². The van der Waals surface area contributed by atoms with Crippen molar-refractivity contribution in [3.05, 3.63) is 29.6 Å². The maximum Gasteiger partial charge on any atom is 0.158 e. The molecule has 0 nitrogen and oxygen atoms in total. The van der Waals surface area contributed by atoms with Gasteiger partial charge < -0.3 is 0 Å². The lowest BCUT2D eigenvalue weighted by Gasteiger charge is -2.04. The molecule has 0 heterocycles. The van der Waals surface area contributed by atoms with Crippen molar-refractivity contribution in [2.24, 2.45) is 0 Å². The minimum atomic E-state index is -0.107. The van der Waals surface area contributed by atoms with Crippen LogP contribution in [0.4, 0.5) is 4.39 Å². The zero-order chi connectivity index (χ0) is 11.1. The largest absolute Gasteiger partial charge is 0.207 e. The van der Waals surface area contributed by atoms with E-state index in [2.05, 4.69) is 13.8 Å². The molecular weight excluding hydrogens is 186 g/mol. The quantitative estimate of drug-likeness (QED) is 0.495. The van der Waals surface area contributed by atoms with Crippen LogP contribution in [0.5, 0.6) is 0 Å². The highest BCUT2D eigenvalue weighted by Gasteiger charge is 2.01. The van der Waals surface area contributed by atoms with Crippen molar-refractivity contribution in [3.8, 4) is 0 Å². The molecule has 1 aromatic carbocycles. The lowest BCUT2D eigenvalue weighted by atomic mass is 9.64. The van der Waals surface area contributed by atoms with E-state index in [0.29, 0.717) is 0 Å². The summed E-state index contributed by atoms with van der Waals surface area (Å²) in [5.74, 6) is -0.107. The summed E-state index contributed by atoms with van der Waals surface area (Å²) in [6, 6.07) is 5.09. The Balaban J connectivity index is 2.33. The smallest absolute Gasteiger partial charge is 0.158 e. The van der Waals surface area contributed by atoms with Gasteiger partial charge in [0, 0.05) is 0 Å². The van der Waals surface area contributed by atoms with Crippen molar-refractivity contribution in [1.82, 2.24) is 0 Å². The maximum atomic E-state index is 13.0. The van der Waals surface area contributed by atoms with Gasteiger partial charge in [0.15, 0.2) is 7.28 Å². The van der Waals surface area contributed by atoms with E-state index < -0.39 is 0 Å². The summed E-state index contributed by atoms with van der Waals surface area (Å²) in [5.41, 5.74) is 2.39. The van der Waals surface area contributed by atoms with Gasteiger partial charge in [0.05, 0.1) is 0 Å². The van der Waals surface area contributed by atoms with Crippen LogP contribution in [-0.4, -0.2) is 7.28 Å². The lowest BCUT2D eigenvalue weighted by molar-refractivity contribution is 0.628. The van der Waals surface area contributed by atoms with Crippen molar-refractivity contribution in [2.45, 2.75) is 45.9 Å². The molecule has 0 amide bonds. The molecule has 15 heavy (non-hydrogen) atoms. The normalized spacial score (nSPS) is 10.3. The third-order valence-electron chi connectivity index (χ3n) is 2.86. The first-order chi connectivity index (χ1) is 7.24. The number of rotatable bonds is 6. The van der Waals surface area contributed by atoms with E-state index >= 15 is 0 Å². The monoisotopic (exact) mass is 206 g/mol. The molecule has 0 radical (unpaired) electrons. The number of halogens is 1. The van der Waals surface area contributed by atoms with Gasteiger partial charge in [-0.05, 0) is 19.1 Å². The topological polar surface area (TPSA) is 0 Å². The van der Waals surface area contributed by atoms with Gasteiger partial charge >= 0.3 is 0 Å². The van der Waals surface area contributed by atoms with Gasteiger partial charge in [0.2, 0.25) is 0 Å². The molecule has 0 spiro atoms. The van der Waals surface area contributed by atoms with E-state index in [4.69, 9.17) is 0 Å². The average molecular weight is 206 g/mol. The first-order valence-corrected chi connectivity index (χ1v) is 5.99. The molecule has 0 atom stereocenters. The molecule has 0 N–H and O–H groups in total. The van der Waals surface area contributed by atoms with Crippen LogP contribution >= 0.6 is 0 Å². The van der Waals surface area contributed by atoms with Gasteiger partial charge in [-0.25, -0.2) is 4.39 Å². The minimum absolute atomic E-state index is 0.107. The van der Waals surface area contributed by atoms with Crippen LogP contribution in [0.1, 0.15) is 38.2 Å². The van der Waals surface area contributed by atoms with Gasteiger partial charge in [-0.2, -0.15) is 0 Å². The third-order valence-corrected chi connectivity index (χ3v) is 2.86.